The van der Waals surface area contributed by atoms with Gasteiger partial charge in [-0.25, -0.2) is 9.18 Å². The van der Waals surface area contributed by atoms with Crippen LogP contribution in [0, 0.1) is 5.82 Å². The third-order valence-electron chi connectivity index (χ3n) is 2.28. The molecule has 0 saturated heterocycles. The number of anilines is 2. The third kappa shape index (κ3) is 3.59. The lowest BCUT2D eigenvalue weighted by Crippen LogP contribution is -2.20. The van der Waals surface area contributed by atoms with Crippen molar-refractivity contribution in [1.82, 2.24) is 0 Å². The number of halogens is 2. The van der Waals surface area contributed by atoms with Crippen molar-refractivity contribution < 1.29 is 14.3 Å². The lowest BCUT2D eigenvalue weighted by Gasteiger charge is -2.08. The standard InChI is InChI=1S/C13H10ClFN2O2/c14-8-2-1-3-9(6-8)16-13(19)17-12-5-4-10(18)7-11(12)15/h1-7,18H,(H2,16,17,19). The molecule has 2 aromatic rings. The van der Waals surface area contributed by atoms with Gasteiger partial charge in [0.15, 0.2) is 0 Å². The van der Waals surface area contributed by atoms with Crippen LogP contribution in [-0.2, 0) is 0 Å². The number of benzene rings is 2. The summed E-state index contributed by atoms with van der Waals surface area (Å²) in [6, 6.07) is 9.41. The molecule has 19 heavy (non-hydrogen) atoms. The predicted octanol–water partition coefficient (Wildman–Crippen LogP) is 3.83. The minimum atomic E-state index is -0.721. The summed E-state index contributed by atoms with van der Waals surface area (Å²) in [5.41, 5.74) is 0.460. The Morgan fingerprint density at radius 2 is 1.95 bits per heavy atom. The van der Waals surface area contributed by atoms with Gasteiger partial charge >= 0.3 is 6.03 Å². The molecule has 2 aromatic carbocycles. The number of carbonyl (C=O) groups is 1. The van der Waals surface area contributed by atoms with E-state index in [1.807, 2.05) is 0 Å². The van der Waals surface area contributed by atoms with Gasteiger partial charge in [-0.15, -0.1) is 0 Å². The Bertz CT molecular complexity index is 619. The average Bonchev–Trinajstić information content (AvgIpc) is 2.33. The lowest BCUT2D eigenvalue weighted by molar-refractivity contribution is 0.262. The summed E-state index contributed by atoms with van der Waals surface area (Å²) >= 11 is 5.77. The largest absolute Gasteiger partial charge is 0.508 e. The highest BCUT2D eigenvalue weighted by Crippen LogP contribution is 2.20. The zero-order chi connectivity index (χ0) is 13.8. The topological polar surface area (TPSA) is 61.4 Å². The Morgan fingerprint density at radius 1 is 1.16 bits per heavy atom. The SMILES string of the molecule is O=C(Nc1cccc(Cl)c1)Nc1ccc(O)cc1F. The monoisotopic (exact) mass is 280 g/mol. The molecular weight excluding hydrogens is 271 g/mol. The van der Waals surface area contributed by atoms with Crippen LogP contribution in [0.3, 0.4) is 0 Å². The van der Waals surface area contributed by atoms with Crippen LogP contribution in [0.5, 0.6) is 5.75 Å². The zero-order valence-corrected chi connectivity index (χ0v) is 10.4. The lowest BCUT2D eigenvalue weighted by atomic mass is 10.3. The molecular formula is C13H10ClFN2O2. The van der Waals surface area contributed by atoms with Crippen LogP contribution < -0.4 is 10.6 Å². The predicted molar refractivity (Wildman–Crippen MR) is 72.2 cm³/mol. The van der Waals surface area contributed by atoms with E-state index in [1.54, 1.807) is 24.3 Å². The Hall–Kier alpha value is -2.27. The van der Waals surface area contributed by atoms with Crippen LogP contribution in [0.4, 0.5) is 20.6 Å². The van der Waals surface area contributed by atoms with Crippen molar-refractivity contribution >= 4 is 29.0 Å². The van der Waals surface area contributed by atoms with Crippen molar-refractivity contribution in [2.45, 2.75) is 0 Å². The second kappa shape index (κ2) is 5.58. The van der Waals surface area contributed by atoms with E-state index < -0.39 is 11.8 Å². The van der Waals surface area contributed by atoms with Crippen molar-refractivity contribution in [3.63, 3.8) is 0 Å². The first-order valence-electron chi connectivity index (χ1n) is 5.37. The molecule has 0 spiro atoms. The van der Waals surface area contributed by atoms with Gasteiger partial charge in [0.1, 0.15) is 11.6 Å². The number of rotatable bonds is 2. The number of nitrogens with one attached hydrogen (secondary N) is 2. The van der Waals surface area contributed by atoms with Crippen molar-refractivity contribution in [1.29, 1.82) is 0 Å². The molecule has 2 rings (SSSR count). The number of phenolic OH excluding ortho intramolecular Hbond substituents is 1. The van der Waals surface area contributed by atoms with E-state index in [1.165, 1.54) is 12.1 Å². The molecule has 0 saturated carbocycles. The fourth-order valence-corrected chi connectivity index (χ4v) is 1.65. The maximum atomic E-state index is 13.4. The molecule has 4 nitrogen and oxygen atoms in total. The number of amides is 2. The van der Waals surface area contributed by atoms with E-state index in [0.29, 0.717) is 10.7 Å². The molecule has 2 amide bonds. The molecule has 98 valence electrons. The van der Waals surface area contributed by atoms with Gasteiger partial charge in [-0.2, -0.15) is 0 Å². The summed E-state index contributed by atoms with van der Waals surface area (Å²) in [5.74, 6) is -0.931. The maximum Gasteiger partial charge on any atom is 0.323 e. The van der Waals surface area contributed by atoms with Crippen molar-refractivity contribution in [2.24, 2.45) is 0 Å². The number of hydrogen-bond acceptors (Lipinski definition) is 2. The first kappa shape index (κ1) is 13.2. The molecule has 0 aliphatic heterocycles. The van der Waals surface area contributed by atoms with Crippen LogP contribution in [0.25, 0.3) is 0 Å². The summed E-state index contributed by atoms with van der Waals surface area (Å²) < 4.78 is 13.4. The number of aromatic hydroxyl groups is 1. The minimum absolute atomic E-state index is 0.0303. The highest BCUT2D eigenvalue weighted by molar-refractivity contribution is 6.30. The fourth-order valence-electron chi connectivity index (χ4n) is 1.46. The van der Waals surface area contributed by atoms with Crippen LogP contribution >= 0.6 is 11.6 Å². The second-order valence-electron chi connectivity index (χ2n) is 3.75. The van der Waals surface area contributed by atoms with Gasteiger partial charge in [0.25, 0.3) is 0 Å². The minimum Gasteiger partial charge on any atom is -0.508 e. The molecule has 0 aromatic heterocycles. The molecule has 0 unspecified atom stereocenters. The molecule has 0 radical (unpaired) electrons. The molecule has 0 atom stereocenters. The van der Waals surface area contributed by atoms with Gasteiger partial charge < -0.3 is 15.7 Å². The third-order valence-corrected chi connectivity index (χ3v) is 2.52. The number of carbonyl (C=O) groups excluding carboxylic acids is 1. The van der Waals surface area contributed by atoms with Crippen LogP contribution in [0.2, 0.25) is 5.02 Å². The van der Waals surface area contributed by atoms with E-state index in [0.717, 1.165) is 6.07 Å². The van der Waals surface area contributed by atoms with Crippen LogP contribution in [0.15, 0.2) is 42.5 Å². The summed E-state index contributed by atoms with van der Waals surface area (Å²) in [4.78, 5) is 11.6. The second-order valence-corrected chi connectivity index (χ2v) is 4.19. The maximum absolute atomic E-state index is 13.4. The Kier molecular flexibility index (Phi) is 3.87. The average molecular weight is 281 g/mol. The molecule has 0 aliphatic rings. The molecule has 0 heterocycles. The molecule has 0 bridgehead atoms. The van der Waals surface area contributed by atoms with E-state index in [4.69, 9.17) is 16.7 Å². The van der Waals surface area contributed by atoms with Crippen molar-refractivity contribution in [3.05, 3.63) is 53.3 Å². The number of urea groups is 1. The summed E-state index contributed by atoms with van der Waals surface area (Å²) in [7, 11) is 0. The quantitative estimate of drug-likeness (QED) is 0.732. The van der Waals surface area contributed by atoms with Gasteiger partial charge in [-0.3, -0.25) is 0 Å². The normalized spacial score (nSPS) is 10.0. The summed E-state index contributed by atoms with van der Waals surface area (Å²) in [5, 5.41) is 14.4. The van der Waals surface area contributed by atoms with Gasteiger partial charge in [-0.05, 0) is 30.3 Å². The van der Waals surface area contributed by atoms with E-state index in [-0.39, 0.29) is 11.4 Å². The Balaban J connectivity index is 2.05. The number of phenols is 1. The van der Waals surface area contributed by atoms with E-state index >= 15 is 0 Å². The summed E-state index contributed by atoms with van der Waals surface area (Å²) in [6.45, 7) is 0. The highest BCUT2D eigenvalue weighted by Gasteiger charge is 2.07. The van der Waals surface area contributed by atoms with Gasteiger partial charge in [0.2, 0.25) is 0 Å². The fraction of sp³-hybridized carbons (Fsp3) is 0. The molecule has 3 N–H and O–H groups in total. The van der Waals surface area contributed by atoms with Crippen LogP contribution in [0.1, 0.15) is 0 Å². The summed E-state index contributed by atoms with van der Waals surface area (Å²) in [6.07, 6.45) is 0. The van der Waals surface area contributed by atoms with Crippen molar-refractivity contribution in [2.75, 3.05) is 10.6 Å². The van der Waals surface area contributed by atoms with Crippen molar-refractivity contribution in [3.8, 4) is 5.75 Å². The van der Waals surface area contributed by atoms with E-state index in [9.17, 15) is 9.18 Å². The Morgan fingerprint density at radius 3 is 2.63 bits per heavy atom. The zero-order valence-electron chi connectivity index (χ0n) is 9.65. The number of hydrogen-bond donors (Lipinski definition) is 3. The molecule has 6 heteroatoms. The van der Waals surface area contributed by atoms with Crippen LogP contribution in [-0.4, -0.2) is 11.1 Å². The Labute approximate surface area is 113 Å². The first-order valence-corrected chi connectivity index (χ1v) is 5.74. The van der Waals surface area contributed by atoms with Gasteiger partial charge in [0.05, 0.1) is 5.69 Å². The molecule has 0 aliphatic carbocycles. The van der Waals surface area contributed by atoms with Gasteiger partial charge in [0, 0.05) is 16.8 Å². The highest BCUT2D eigenvalue weighted by atomic mass is 35.5. The first-order chi connectivity index (χ1) is 9.04. The van der Waals surface area contributed by atoms with E-state index in [2.05, 4.69) is 10.6 Å². The smallest absolute Gasteiger partial charge is 0.323 e. The molecule has 0 fully saturated rings. The van der Waals surface area contributed by atoms with Gasteiger partial charge in [-0.1, -0.05) is 17.7 Å².